The summed E-state index contributed by atoms with van der Waals surface area (Å²) in [6, 6.07) is 17.0. The molecule has 0 radical (unpaired) electrons. The van der Waals surface area contributed by atoms with E-state index >= 15 is 0 Å². The molecule has 0 fully saturated rings. The first-order valence-electron chi connectivity index (χ1n) is 9.45. The molecule has 1 aliphatic rings. The molecule has 156 valence electrons. The fourth-order valence-electron chi connectivity index (χ4n) is 3.60. The van der Waals surface area contributed by atoms with Gasteiger partial charge in [0.25, 0.3) is 0 Å². The molecule has 4 aromatic rings. The molecule has 1 aromatic heterocycles. The maximum atomic E-state index is 13.3. The number of pyridine rings is 1. The third kappa shape index (κ3) is 3.34. The van der Waals surface area contributed by atoms with E-state index in [1.165, 1.54) is 12.3 Å². The number of hydrogen-bond donors (Lipinski definition) is 0. The van der Waals surface area contributed by atoms with Crippen LogP contribution in [0.2, 0.25) is 0 Å². The molecule has 0 unspecified atom stereocenters. The molecular weight excluding hydrogens is 421 g/mol. The van der Waals surface area contributed by atoms with E-state index < -0.39 is 21.1 Å². The highest BCUT2D eigenvalue weighted by atomic mass is 32.2. The first kappa shape index (κ1) is 19.3. The Morgan fingerprint density at radius 2 is 1.61 bits per heavy atom. The van der Waals surface area contributed by atoms with Crippen molar-refractivity contribution in [3.63, 3.8) is 0 Å². The Bertz CT molecular complexity index is 1460. The zero-order valence-electron chi connectivity index (χ0n) is 16.1. The summed E-state index contributed by atoms with van der Waals surface area (Å²) in [7, 11) is -4.18. The summed E-state index contributed by atoms with van der Waals surface area (Å²) >= 11 is 0. The SMILES string of the molecule is O=c1c(S(=O)(=O)c2ccc(F)cc2)cn(Cc2ccccc2)c2cc3c(cc12)OCO3. The van der Waals surface area contributed by atoms with Gasteiger partial charge in [-0.15, -0.1) is 0 Å². The van der Waals surface area contributed by atoms with Crippen LogP contribution in [0.3, 0.4) is 0 Å². The Morgan fingerprint density at radius 1 is 0.935 bits per heavy atom. The van der Waals surface area contributed by atoms with Crippen molar-refractivity contribution in [2.24, 2.45) is 0 Å². The highest BCUT2D eigenvalue weighted by Crippen LogP contribution is 2.36. The molecule has 0 amide bonds. The van der Waals surface area contributed by atoms with Gasteiger partial charge >= 0.3 is 0 Å². The minimum absolute atomic E-state index is 0.0270. The number of rotatable bonds is 4. The second-order valence-electron chi connectivity index (χ2n) is 7.12. The Morgan fingerprint density at radius 3 is 2.32 bits per heavy atom. The number of ether oxygens (including phenoxy) is 2. The van der Waals surface area contributed by atoms with Crippen LogP contribution < -0.4 is 14.9 Å². The third-order valence-electron chi connectivity index (χ3n) is 5.15. The van der Waals surface area contributed by atoms with Gasteiger partial charge in [-0.25, -0.2) is 12.8 Å². The van der Waals surface area contributed by atoms with Crippen molar-refractivity contribution < 1.29 is 22.3 Å². The smallest absolute Gasteiger partial charge is 0.231 e. The number of fused-ring (bicyclic) bond motifs is 2. The van der Waals surface area contributed by atoms with Crippen LogP contribution in [0.25, 0.3) is 10.9 Å². The molecule has 0 saturated heterocycles. The summed E-state index contributed by atoms with van der Waals surface area (Å²) in [4.78, 5) is 12.7. The van der Waals surface area contributed by atoms with E-state index in [2.05, 4.69) is 0 Å². The second-order valence-corrected chi connectivity index (χ2v) is 9.03. The van der Waals surface area contributed by atoms with E-state index in [-0.39, 0.29) is 22.0 Å². The lowest BCUT2D eigenvalue weighted by molar-refractivity contribution is 0.174. The Kier molecular flexibility index (Phi) is 4.51. The molecule has 0 N–H and O–H groups in total. The molecule has 8 heteroatoms. The quantitative estimate of drug-likeness (QED) is 0.455. The first-order chi connectivity index (χ1) is 14.9. The predicted molar refractivity (Wildman–Crippen MR) is 112 cm³/mol. The number of sulfone groups is 1. The zero-order valence-corrected chi connectivity index (χ0v) is 16.9. The van der Waals surface area contributed by atoms with Crippen molar-refractivity contribution in [3.8, 4) is 11.5 Å². The summed E-state index contributed by atoms with van der Waals surface area (Å²) in [5, 5.41) is 0.198. The number of nitrogens with zero attached hydrogens (tertiary/aromatic N) is 1. The van der Waals surface area contributed by atoms with Gasteiger partial charge in [0.05, 0.1) is 15.8 Å². The van der Waals surface area contributed by atoms with E-state index in [4.69, 9.17) is 9.47 Å². The van der Waals surface area contributed by atoms with E-state index in [0.717, 1.165) is 29.8 Å². The zero-order chi connectivity index (χ0) is 21.6. The van der Waals surface area contributed by atoms with Crippen LogP contribution in [0.4, 0.5) is 4.39 Å². The van der Waals surface area contributed by atoms with Gasteiger partial charge in [0, 0.05) is 18.8 Å². The van der Waals surface area contributed by atoms with Crippen LogP contribution in [0.1, 0.15) is 5.56 Å². The van der Waals surface area contributed by atoms with Crippen LogP contribution in [0.15, 0.2) is 87.5 Å². The third-order valence-corrected chi connectivity index (χ3v) is 6.91. The summed E-state index contributed by atoms with van der Waals surface area (Å²) in [5.41, 5.74) is 0.799. The average molecular weight is 437 g/mol. The van der Waals surface area contributed by atoms with Crippen molar-refractivity contribution in [3.05, 3.63) is 94.5 Å². The molecule has 0 bridgehead atoms. The molecule has 0 spiro atoms. The Labute approximate surface area is 177 Å². The molecule has 0 saturated carbocycles. The number of halogens is 1. The fourth-order valence-corrected chi connectivity index (χ4v) is 4.96. The summed E-state index contributed by atoms with van der Waals surface area (Å²) in [6.45, 7) is 0.364. The lowest BCUT2D eigenvalue weighted by Crippen LogP contribution is -2.19. The van der Waals surface area contributed by atoms with Crippen molar-refractivity contribution >= 4 is 20.7 Å². The lowest BCUT2D eigenvalue weighted by atomic mass is 10.1. The van der Waals surface area contributed by atoms with E-state index in [1.807, 2.05) is 30.3 Å². The topological polar surface area (TPSA) is 74.6 Å². The maximum Gasteiger partial charge on any atom is 0.231 e. The van der Waals surface area contributed by atoms with Gasteiger partial charge in [0.1, 0.15) is 10.7 Å². The van der Waals surface area contributed by atoms with Crippen LogP contribution in [-0.2, 0) is 16.4 Å². The van der Waals surface area contributed by atoms with Crippen molar-refractivity contribution in [2.75, 3.05) is 6.79 Å². The van der Waals surface area contributed by atoms with Crippen molar-refractivity contribution in [2.45, 2.75) is 16.3 Å². The van der Waals surface area contributed by atoms with Crippen LogP contribution >= 0.6 is 0 Å². The molecule has 1 aliphatic heterocycles. The molecule has 6 nitrogen and oxygen atoms in total. The average Bonchev–Trinajstić information content (AvgIpc) is 3.23. The normalized spacial score (nSPS) is 12.9. The van der Waals surface area contributed by atoms with E-state index in [0.29, 0.717) is 23.6 Å². The largest absolute Gasteiger partial charge is 0.454 e. The number of benzene rings is 3. The molecule has 31 heavy (non-hydrogen) atoms. The van der Waals surface area contributed by atoms with Crippen molar-refractivity contribution in [1.82, 2.24) is 4.57 Å². The maximum absolute atomic E-state index is 13.3. The molecule has 3 aromatic carbocycles. The molecule has 2 heterocycles. The van der Waals surface area contributed by atoms with Gasteiger partial charge in [-0.3, -0.25) is 4.79 Å². The van der Waals surface area contributed by atoms with E-state index in [1.54, 1.807) is 10.6 Å². The minimum atomic E-state index is -4.18. The Hall–Kier alpha value is -3.65. The number of hydrogen-bond acceptors (Lipinski definition) is 5. The van der Waals surface area contributed by atoms with Crippen LogP contribution in [-0.4, -0.2) is 19.8 Å². The standard InChI is InChI=1S/C23H16FNO5S/c24-16-6-8-17(9-7-16)31(27,28)22-13-25(12-15-4-2-1-3-5-15)19-11-21-20(29-14-30-21)10-18(19)23(22)26/h1-11,13H,12,14H2. The summed E-state index contributed by atoms with van der Waals surface area (Å²) < 4.78 is 52.3. The van der Waals surface area contributed by atoms with E-state index in [9.17, 15) is 17.6 Å². The monoisotopic (exact) mass is 437 g/mol. The van der Waals surface area contributed by atoms with Gasteiger partial charge in [-0.2, -0.15) is 0 Å². The summed E-state index contributed by atoms with van der Waals surface area (Å²) in [5.74, 6) is 0.307. The number of aromatic nitrogens is 1. The Balaban J connectivity index is 1.77. The van der Waals surface area contributed by atoms with Gasteiger partial charge in [0.2, 0.25) is 22.1 Å². The van der Waals surface area contributed by atoms with Gasteiger partial charge < -0.3 is 14.0 Å². The molecule has 0 aliphatic carbocycles. The van der Waals surface area contributed by atoms with Crippen LogP contribution in [0.5, 0.6) is 11.5 Å². The fraction of sp³-hybridized carbons (Fsp3) is 0.0870. The second kappa shape index (κ2) is 7.24. The highest BCUT2D eigenvalue weighted by Gasteiger charge is 2.26. The van der Waals surface area contributed by atoms with Gasteiger partial charge in [-0.05, 0) is 35.9 Å². The first-order valence-corrected chi connectivity index (χ1v) is 10.9. The van der Waals surface area contributed by atoms with Gasteiger partial charge in [-0.1, -0.05) is 30.3 Å². The van der Waals surface area contributed by atoms with Crippen molar-refractivity contribution in [1.29, 1.82) is 0 Å². The lowest BCUT2D eigenvalue weighted by Gasteiger charge is -2.15. The molecule has 5 rings (SSSR count). The molecular formula is C23H16FNO5S. The summed E-state index contributed by atoms with van der Waals surface area (Å²) in [6.07, 6.45) is 1.33. The van der Waals surface area contributed by atoms with Crippen LogP contribution in [0, 0.1) is 5.82 Å². The highest BCUT2D eigenvalue weighted by molar-refractivity contribution is 7.91. The minimum Gasteiger partial charge on any atom is -0.454 e. The van der Waals surface area contributed by atoms with Gasteiger partial charge in [0.15, 0.2) is 11.5 Å². The predicted octanol–water partition coefficient (Wildman–Crippen LogP) is 3.75. The molecule has 0 atom stereocenters.